The molecule has 30 heavy (non-hydrogen) atoms. The maximum atomic E-state index is 12.0. The number of rotatable bonds is 7. The van der Waals surface area contributed by atoms with Gasteiger partial charge in [-0.05, 0) is 30.7 Å². The molecule has 4 unspecified atom stereocenters. The lowest BCUT2D eigenvalue weighted by Crippen LogP contribution is -3.00. The second-order valence-electron chi connectivity index (χ2n) is 8.73. The third-order valence-corrected chi connectivity index (χ3v) is 7.51. The zero-order valence-corrected chi connectivity index (χ0v) is 20.4. The highest BCUT2D eigenvalue weighted by molar-refractivity contribution is 6.30. The number of nitrogens with two attached hydrogens (primary N) is 1. The molecule has 0 saturated carbocycles. The Hall–Kier alpha value is -0.770. The van der Waals surface area contributed by atoms with Crippen molar-refractivity contribution in [2.24, 2.45) is 11.8 Å². The van der Waals surface area contributed by atoms with E-state index in [1.54, 1.807) is 0 Å². The number of hydrogen-bond acceptors (Lipinski definition) is 1. The average Bonchev–Trinajstić information content (AvgIpc) is 2.72. The van der Waals surface area contributed by atoms with Gasteiger partial charge in [0.15, 0.2) is 0 Å². The number of halogens is 3. The Morgan fingerprint density at radius 3 is 1.63 bits per heavy atom. The molecule has 1 fully saturated rings. The van der Waals surface area contributed by atoms with Gasteiger partial charge in [0.25, 0.3) is 0 Å². The van der Waals surface area contributed by atoms with Crippen LogP contribution in [0.1, 0.15) is 76.1 Å². The second-order valence-corrected chi connectivity index (χ2v) is 9.60. The summed E-state index contributed by atoms with van der Waals surface area (Å²) in [6.07, 6.45) is 5.53. The number of unbranched alkanes of at least 4 members (excludes halogenated alkanes) is 3. The molecule has 0 aromatic heterocycles. The van der Waals surface area contributed by atoms with Crippen molar-refractivity contribution < 1.29 is 22.8 Å². The zero-order chi connectivity index (χ0) is 21.0. The van der Waals surface area contributed by atoms with E-state index >= 15 is 0 Å². The zero-order valence-electron chi connectivity index (χ0n) is 18.1. The highest BCUT2D eigenvalue weighted by atomic mass is 35.5. The molecule has 3 rings (SSSR count). The Balaban J connectivity index is 0.00000320. The van der Waals surface area contributed by atoms with Crippen LogP contribution in [0, 0.1) is 11.8 Å². The number of hydrogen-bond donors (Lipinski definition) is 2. The van der Waals surface area contributed by atoms with E-state index in [0.717, 1.165) is 22.9 Å². The molecule has 2 aromatic carbocycles. The van der Waals surface area contributed by atoms with E-state index in [2.05, 4.69) is 50.4 Å². The normalized spacial score (nSPS) is 28.7. The number of benzene rings is 2. The fraction of sp³-hybridized carbons (Fsp3) is 0.520. The summed E-state index contributed by atoms with van der Waals surface area (Å²) < 4.78 is 0. The predicted octanol–water partition coefficient (Wildman–Crippen LogP) is 3.33. The topological polar surface area (TPSA) is 36.8 Å². The first-order valence-corrected chi connectivity index (χ1v) is 11.7. The van der Waals surface area contributed by atoms with Crippen LogP contribution in [0.3, 0.4) is 0 Å². The third-order valence-electron chi connectivity index (χ3n) is 7.01. The van der Waals surface area contributed by atoms with Gasteiger partial charge in [0.05, 0.1) is 5.60 Å². The molecular formula is C25H34Cl3NO. The van der Waals surface area contributed by atoms with Crippen molar-refractivity contribution in [3.63, 3.8) is 0 Å². The lowest BCUT2D eigenvalue weighted by Gasteiger charge is -2.49. The summed E-state index contributed by atoms with van der Waals surface area (Å²) in [5.74, 6) is 0.285. The minimum atomic E-state index is -0.711. The monoisotopic (exact) mass is 469 g/mol. The van der Waals surface area contributed by atoms with Crippen LogP contribution in [0.2, 0.25) is 10.0 Å². The van der Waals surface area contributed by atoms with Crippen LogP contribution in [-0.2, 0) is 0 Å². The van der Waals surface area contributed by atoms with Crippen LogP contribution < -0.4 is 17.7 Å². The first kappa shape index (κ1) is 25.5. The van der Waals surface area contributed by atoms with Crippen LogP contribution in [0.15, 0.2) is 48.5 Å². The molecular weight excluding hydrogens is 437 g/mol. The lowest BCUT2D eigenvalue weighted by atomic mass is 9.64. The highest BCUT2D eigenvalue weighted by Crippen LogP contribution is 2.45. The van der Waals surface area contributed by atoms with Gasteiger partial charge in [0.2, 0.25) is 0 Å². The minimum absolute atomic E-state index is 0. The molecule has 3 N–H and O–H groups in total. The smallest absolute Gasteiger partial charge is 0.117 e. The van der Waals surface area contributed by atoms with Gasteiger partial charge in [0.1, 0.15) is 12.1 Å². The van der Waals surface area contributed by atoms with Crippen LogP contribution in [0.5, 0.6) is 0 Å². The van der Waals surface area contributed by atoms with Crippen LogP contribution in [-0.4, -0.2) is 10.7 Å². The van der Waals surface area contributed by atoms with Crippen molar-refractivity contribution in [1.82, 2.24) is 0 Å². The van der Waals surface area contributed by atoms with Gasteiger partial charge in [-0.25, -0.2) is 0 Å². The molecule has 4 atom stereocenters. The third kappa shape index (κ3) is 5.53. The van der Waals surface area contributed by atoms with Crippen molar-refractivity contribution in [2.75, 3.05) is 0 Å². The summed E-state index contributed by atoms with van der Waals surface area (Å²) in [5, 5.41) is 15.9. The molecule has 1 saturated heterocycles. The maximum Gasteiger partial charge on any atom is 0.117 e. The van der Waals surface area contributed by atoms with Gasteiger partial charge in [-0.1, -0.05) is 93.9 Å². The molecule has 0 radical (unpaired) electrons. The van der Waals surface area contributed by atoms with Crippen LogP contribution >= 0.6 is 23.2 Å². The van der Waals surface area contributed by atoms with Gasteiger partial charge >= 0.3 is 0 Å². The summed E-state index contributed by atoms with van der Waals surface area (Å²) in [6.45, 7) is 6.65. The van der Waals surface area contributed by atoms with E-state index in [1.807, 2.05) is 24.3 Å². The van der Waals surface area contributed by atoms with Gasteiger partial charge in [-0.15, -0.1) is 0 Å². The Labute approximate surface area is 197 Å². The molecule has 166 valence electrons. The molecule has 0 bridgehead atoms. The second kappa shape index (κ2) is 11.2. The van der Waals surface area contributed by atoms with E-state index in [0.29, 0.717) is 0 Å². The van der Waals surface area contributed by atoms with Crippen molar-refractivity contribution in [2.45, 2.75) is 70.6 Å². The van der Waals surface area contributed by atoms with E-state index < -0.39 is 5.60 Å². The van der Waals surface area contributed by atoms with Crippen molar-refractivity contribution in [3.8, 4) is 0 Å². The van der Waals surface area contributed by atoms with Crippen molar-refractivity contribution in [3.05, 3.63) is 69.7 Å². The molecule has 0 spiro atoms. The molecule has 5 heteroatoms. The van der Waals surface area contributed by atoms with Crippen molar-refractivity contribution >= 4 is 23.2 Å². The van der Waals surface area contributed by atoms with Crippen LogP contribution in [0.25, 0.3) is 0 Å². The molecule has 1 aliphatic rings. The Kier molecular flexibility index (Phi) is 9.52. The van der Waals surface area contributed by atoms with Gasteiger partial charge in [0, 0.05) is 33.0 Å². The van der Waals surface area contributed by atoms with E-state index in [9.17, 15) is 5.11 Å². The Bertz CT molecular complexity index is 720. The number of piperidine rings is 1. The molecule has 0 amide bonds. The number of aliphatic hydroxyl groups is 1. The quantitative estimate of drug-likeness (QED) is 0.598. The standard InChI is InChI=1S/C25H33Cl2NO.ClH/c1-4-5-6-7-16-25(29)17(2)23(19-8-12-21(26)13-9-19)28-24(18(25)3)20-10-14-22(27)15-11-20;/h8-15,17-18,23-24,28-29H,4-7,16H2,1-3H3;1H. The van der Waals surface area contributed by atoms with Crippen LogP contribution in [0.4, 0.5) is 0 Å². The summed E-state index contributed by atoms with van der Waals surface area (Å²) in [6, 6.07) is 16.6. The van der Waals surface area contributed by atoms with Gasteiger partial charge < -0.3 is 22.8 Å². The first-order chi connectivity index (χ1) is 13.9. The molecule has 1 heterocycles. The predicted molar refractivity (Wildman–Crippen MR) is 122 cm³/mol. The van der Waals surface area contributed by atoms with Crippen molar-refractivity contribution in [1.29, 1.82) is 0 Å². The summed E-state index contributed by atoms with van der Waals surface area (Å²) in [7, 11) is 0. The number of quaternary nitrogens is 1. The van der Waals surface area contributed by atoms with E-state index in [-0.39, 0.29) is 36.3 Å². The van der Waals surface area contributed by atoms with E-state index in [1.165, 1.54) is 30.4 Å². The Morgan fingerprint density at radius 2 is 1.23 bits per heavy atom. The van der Waals surface area contributed by atoms with Gasteiger partial charge in [-0.2, -0.15) is 0 Å². The Morgan fingerprint density at radius 1 is 0.800 bits per heavy atom. The summed E-state index contributed by atoms with van der Waals surface area (Å²) in [4.78, 5) is 0. The average molecular weight is 471 g/mol. The van der Waals surface area contributed by atoms with E-state index in [4.69, 9.17) is 23.2 Å². The summed E-state index contributed by atoms with van der Waals surface area (Å²) in [5.41, 5.74) is 1.73. The highest BCUT2D eigenvalue weighted by Gasteiger charge is 2.53. The largest absolute Gasteiger partial charge is 1.00 e. The fourth-order valence-corrected chi connectivity index (χ4v) is 5.31. The molecule has 2 aromatic rings. The molecule has 1 aliphatic heterocycles. The maximum absolute atomic E-state index is 12.0. The fourth-order valence-electron chi connectivity index (χ4n) is 5.05. The lowest BCUT2D eigenvalue weighted by molar-refractivity contribution is -0.764. The summed E-state index contributed by atoms with van der Waals surface area (Å²) >= 11 is 12.3. The minimum Gasteiger partial charge on any atom is -1.00 e. The SMILES string of the molecule is CCCCCCC1(O)C(C)C(c2ccc(Cl)cc2)[NH2+]C(c2ccc(Cl)cc2)C1C.[Cl-]. The van der Waals surface area contributed by atoms with Gasteiger partial charge in [-0.3, -0.25) is 0 Å². The molecule has 0 aliphatic carbocycles. The first-order valence-electron chi connectivity index (χ1n) is 10.9. The molecule has 2 nitrogen and oxygen atoms in total.